The molecular weight excluding hydrogens is 378 g/mol. The number of aromatic nitrogens is 1. The lowest BCUT2D eigenvalue weighted by Crippen LogP contribution is -1.97. The monoisotopic (exact) mass is 407 g/mol. The van der Waals surface area contributed by atoms with Gasteiger partial charge in [-0.3, -0.25) is 4.79 Å². The van der Waals surface area contributed by atoms with Crippen LogP contribution in [-0.4, -0.2) is 10.4 Å². The fourth-order valence-electron chi connectivity index (χ4n) is 4.28. The lowest BCUT2D eigenvalue weighted by atomic mass is 10.0. The van der Waals surface area contributed by atoms with Gasteiger partial charge in [-0.1, -0.05) is 46.5 Å². The quantitative estimate of drug-likeness (QED) is 0.315. The van der Waals surface area contributed by atoms with Crippen LogP contribution in [0, 0.1) is 13.8 Å². The number of aryl methyl sites for hydroxylation is 2. The molecule has 3 aromatic carbocycles. The van der Waals surface area contributed by atoms with Gasteiger partial charge in [0.15, 0.2) is 5.78 Å². The SMILES string of the molecule is CC(C)=CC(=O)C=C(C)Cc1cccc(-n2c3ccc(C)cc3c3cc(C)ccc32)c1. The summed E-state index contributed by atoms with van der Waals surface area (Å²) in [5, 5.41) is 2.57. The molecule has 0 amide bonds. The zero-order valence-electron chi connectivity index (χ0n) is 19.0. The van der Waals surface area contributed by atoms with Gasteiger partial charge in [-0.2, -0.15) is 0 Å². The summed E-state index contributed by atoms with van der Waals surface area (Å²) in [5.74, 6) is 0.0572. The number of nitrogens with zero attached hydrogens (tertiary/aromatic N) is 1. The van der Waals surface area contributed by atoms with E-state index in [1.54, 1.807) is 12.2 Å². The third kappa shape index (κ3) is 4.39. The molecule has 0 N–H and O–H groups in total. The fourth-order valence-corrected chi connectivity index (χ4v) is 4.28. The van der Waals surface area contributed by atoms with Crippen molar-refractivity contribution in [1.82, 2.24) is 4.57 Å². The minimum Gasteiger partial charge on any atom is -0.309 e. The zero-order chi connectivity index (χ0) is 22.1. The second-order valence-electron chi connectivity index (χ2n) is 8.84. The maximum Gasteiger partial charge on any atom is 0.178 e. The molecule has 0 atom stereocenters. The van der Waals surface area contributed by atoms with Gasteiger partial charge < -0.3 is 4.57 Å². The first kappa shape index (κ1) is 20.9. The first-order valence-electron chi connectivity index (χ1n) is 10.8. The Morgan fingerprint density at radius 3 is 2.00 bits per heavy atom. The van der Waals surface area contributed by atoms with E-state index >= 15 is 0 Å². The van der Waals surface area contributed by atoms with Crippen LogP contribution in [0.3, 0.4) is 0 Å². The zero-order valence-corrected chi connectivity index (χ0v) is 19.0. The molecule has 156 valence electrons. The topological polar surface area (TPSA) is 22.0 Å². The van der Waals surface area contributed by atoms with Crippen molar-refractivity contribution in [3.63, 3.8) is 0 Å². The summed E-state index contributed by atoms with van der Waals surface area (Å²) < 4.78 is 2.35. The van der Waals surface area contributed by atoms with E-state index in [4.69, 9.17) is 0 Å². The molecule has 2 heteroatoms. The molecule has 0 saturated carbocycles. The molecule has 0 aliphatic carbocycles. The highest BCUT2D eigenvalue weighted by molar-refractivity contribution is 6.09. The summed E-state index contributed by atoms with van der Waals surface area (Å²) in [4.78, 5) is 12.1. The Morgan fingerprint density at radius 2 is 1.42 bits per heavy atom. The predicted molar refractivity (Wildman–Crippen MR) is 132 cm³/mol. The summed E-state index contributed by atoms with van der Waals surface area (Å²) in [6.07, 6.45) is 4.18. The highest BCUT2D eigenvalue weighted by Gasteiger charge is 2.13. The third-order valence-corrected chi connectivity index (χ3v) is 5.55. The van der Waals surface area contributed by atoms with E-state index in [0.717, 1.165) is 23.3 Å². The van der Waals surface area contributed by atoms with Crippen LogP contribution < -0.4 is 0 Å². The van der Waals surface area contributed by atoms with Gasteiger partial charge in [-0.15, -0.1) is 0 Å². The van der Waals surface area contributed by atoms with Gasteiger partial charge in [-0.25, -0.2) is 0 Å². The number of fused-ring (bicyclic) bond motifs is 3. The molecule has 0 unspecified atom stereocenters. The van der Waals surface area contributed by atoms with E-state index in [1.807, 2.05) is 20.8 Å². The lowest BCUT2D eigenvalue weighted by molar-refractivity contribution is -0.110. The number of hydrogen-bond donors (Lipinski definition) is 0. The van der Waals surface area contributed by atoms with Crippen molar-refractivity contribution in [2.45, 2.75) is 41.0 Å². The van der Waals surface area contributed by atoms with E-state index in [1.165, 1.54) is 38.5 Å². The smallest absolute Gasteiger partial charge is 0.178 e. The van der Waals surface area contributed by atoms with Gasteiger partial charge >= 0.3 is 0 Å². The molecule has 0 fully saturated rings. The molecule has 0 aliphatic heterocycles. The number of carbonyl (C=O) groups is 1. The third-order valence-electron chi connectivity index (χ3n) is 5.55. The molecule has 0 radical (unpaired) electrons. The van der Waals surface area contributed by atoms with Gasteiger partial charge in [0.1, 0.15) is 0 Å². The van der Waals surface area contributed by atoms with Crippen LogP contribution in [0.2, 0.25) is 0 Å². The van der Waals surface area contributed by atoms with Gasteiger partial charge in [0, 0.05) is 16.5 Å². The summed E-state index contributed by atoms with van der Waals surface area (Å²) in [6, 6.07) is 22.0. The maximum absolute atomic E-state index is 12.1. The minimum absolute atomic E-state index is 0.0572. The van der Waals surface area contributed by atoms with Crippen molar-refractivity contribution in [1.29, 1.82) is 0 Å². The Hall–Kier alpha value is -3.39. The van der Waals surface area contributed by atoms with E-state index in [2.05, 4.69) is 79.1 Å². The first-order chi connectivity index (χ1) is 14.8. The fraction of sp³-hybridized carbons (Fsp3) is 0.207. The molecule has 1 aromatic heterocycles. The standard InChI is InChI=1S/C29H29NO/c1-19(2)13-25(31)15-22(5)14-23-7-6-8-24(18-23)30-28-11-9-20(3)16-26(28)27-17-21(4)10-12-29(27)30/h6-13,15-18H,14H2,1-5H3. The molecule has 0 spiro atoms. The minimum atomic E-state index is 0.0572. The van der Waals surface area contributed by atoms with Crippen LogP contribution >= 0.6 is 0 Å². The van der Waals surface area contributed by atoms with Crippen molar-refractivity contribution >= 4 is 27.6 Å². The Kier molecular flexibility index (Phi) is 5.65. The number of hydrogen-bond acceptors (Lipinski definition) is 1. The Bertz CT molecular complexity index is 1300. The summed E-state index contributed by atoms with van der Waals surface area (Å²) in [7, 11) is 0. The van der Waals surface area contributed by atoms with Gasteiger partial charge in [-0.05, 0) is 95.2 Å². The average molecular weight is 408 g/mol. The van der Waals surface area contributed by atoms with Crippen molar-refractivity contribution in [3.8, 4) is 5.69 Å². The molecule has 0 aliphatic rings. The number of allylic oxidation sites excluding steroid dienone is 4. The molecule has 4 rings (SSSR count). The highest BCUT2D eigenvalue weighted by Crippen LogP contribution is 2.33. The van der Waals surface area contributed by atoms with Crippen molar-refractivity contribution in [3.05, 3.63) is 101 Å². The van der Waals surface area contributed by atoms with E-state index in [-0.39, 0.29) is 5.78 Å². The van der Waals surface area contributed by atoms with Crippen LogP contribution in [0.4, 0.5) is 0 Å². The van der Waals surface area contributed by atoms with Crippen molar-refractivity contribution in [2.24, 2.45) is 0 Å². The highest BCUT2D eigenvalue weighted by atomic mass is 16.1. The second kappa shape index (κ2) is 8.39. The number of benzene rings is 3. The first-order valence-corrected chi connectivity index (χ1v) is 10.8. The van der Waals surface area contributed by atoms with E-state index in [0.29, 0.717) is 0 Å². The molecule has 4 aromatic rings. The average Bonchev–Trinajstić information content (AvgIpc) is 3.00. The molecular formula is C29H29NO. The predicted octanol–water partition coefficient (Wildman–Crippen LogP) is 7.42. The summed E-state index contributed by atoms with van der Waals surface area (Å²) in [6.45, 7) is 10.2. The number of rotatable bonds is 5. The molecule has 31 heavy (non-hydrogen) atoms. The van der Waals surface area contributed by atoms with Crippen LogP contribution in [0.25, 0.3) is 27.5 Å². The Morgan fingerprint density at radius 1 is 0.806 bits per heavy atom. The largest absolute Gasteiger partial charge is 0.309 e. The van der Waals surface area contributed by atoms with Crippen LogP contribution in [0.1, 0.15) is 37.5 Å². The summed E-state index contributed by atoms with van der Waals surface area (Å²) in [5.41, 5.74) is 9.40. The van der Waals surface area contributed by atoms with Gasteiger partial charge in [0.05, 0.1) is 11.0 Å². The van der Waals surface area contributed by atoms with Gasteiger partial charge in [0.2, 0.25) is 0 Å². The normalized spacial score (nSPS) is 11.8. The van der Waals surface area contributed by atoms with Crippen LogP contribution in [0.15, 0.2) is 84.0 Å². The van der Waals surface area contributed by atoms with E-state index < -0.39 is 0 Å². The molecule has 2 nitrogen and oxygen atoms in total. The number of ketones is 1. The Balaban J connectivity index is 1.80. The molecule has 0 bridgehead atoms. The van der Waals surface area contributed by atoms with Crippen molar-refractivity contribution in [2.75, 3.05) is 0 Å². The van der Waals surface area contributed by atoms with Crippen molar-refractivity contribution < 1.29 is 4.79 Å². The lowest BCUT2D eigenvalue weighted by Gasteiger charge is -2.10. The molecule has 1 heterocycles. The van der Waals surface area contributed by atoms with Gasteiger partial charge in [0.25, 0.3) is 0 Å². The molecule has 0 saturated heterocycles. The second-order valence-corrected chi connectivity index (χ2v) is 8.84. The van der Waals surface area contributed by atoms with Crippen LogP contribution in [-0.2, 0) is 11.2 Å². The Labute approximate surface area is 184 Å². The summed E-state index contributed by atoms with van der Waals surface area (Å²) >= 11 is 0. The number of carbonyl (C=O) groups excluding carboxylic acids is 1. The van der Waals surface area contributed by atoms with E-state index in [9.17, 15) is 4.79 Å². The maximum atomic E-state index is 12.1. The van der Waals surface area contributed by atoms with Crippen LogP contribution in [0.5, 0.6) is 0 Å².